The van der Waals surface area contributed by atoms with Gasteiger partial charge >= 0.3 is 0 Å². The molecule has 0 N–H and O–H groups in total. The van der Waals surface area contributed by atoms with Crippen LogP contribution in [0.15, 0.2) is 67.0 Å². The van der Waals surface area contributed by atoms with E-state index >= 15 is 0 Å². The summed E-state index contributed by atoms with van der Waals surface area (Å²) in [5.41, 5.74) is 2.55. The zero-order chi connectivity index (χ0) is 21.6. The van der Waals surface area contributed by atoms with Gasteiger partial charge in [0.25, 0.3) is 5.91 Å². The molecule has 4 rings (SSSR count). The second-order valence-corrected chi connectivity index (χ2v) is 7.51. The van der Waals surface area contributed by atoms with Crippen molar-refractivity contribution in [2.24, 2.45) is 0 Å². The lowest BCUT2D eigenvalue weighted by atomic mass is 10.1. The third kappa shape index (κ3) is 4.97. The number of amides is 1. The summed E-state index contributed by atoms with van der Waals surface area (Å²) in [4.78, 5) is 19.5. The topological polar surface area (TPSA) is 60.9 Å². The van der Waals surface area contributed by atoms with Gasteiger partial charge in [-0.2, -0.15) is 0 Å². The van der Waals surface area contributed by atoms with Gasteiger partial charge in [0.05, 0.1) is 14.2 Å². The molecule has 0 aliphatic heterocycles. The Balaban J connectivity index is 1.59. The summed E-state index contributed by atoms with van der Waals surface area (Å²) in [6.45, 7) is 0.893. The van der Waals surface area contributed by atoms with E-state index in [2.05, 4.69) is 4.98 Å². The molecule has 0 atom stereocenters. The number of pyridine rings is 1. The number of nitrogens with zero attached hydrogens (tertiary/aromatic N) is 2. The number of benzene rings is 2. The molecule has 1 amide bonds. The van der Waals surface area contributed by atoms with Crippen molar-refractivity contribution in [2.75, 3.05) is 14.2 Å². The number of hydrogen-bond acceptors (Lipinski definition) is 5. The number of aromatic nitrogens is 1. The lowest BCUT2D eigenvalue weighted by Crippen LogP contribution is -2.32. The van der Waals surface area contributed by atoms with Gasteiger partial charge in [-0.05, 0) is 42.2 Å². The van der Waals surface area contributed by atoms with Crippen LogP contribution < -0.4 is 14.2 Å². The summed E-state index contributed by atoms with van der Waals surface area (Å²) >= 11 is 0. The zero-order valence-electron chi connectivity index (χ0n) is 17.8. The van der Waals surface area contributed by atoms with Crippen LogP contribution in [0.4, 0.5) is 0 Å². The second-order valence-electron chi connectivity index (χ2n) is 7.51. The Morgan fingerprint density at radius 3 is 2.26 bits per heavy atom. The maximum Gasteiger partial charge on any atom is 0.254 e. The Morgan fingerprint density at radius 2 is 1.68 bits per heavy atom. The van der Waals surface area contributed by atoms with Crippen molar-refractivity contribution in [3.63, 3.8) is 0 Å². The van der Waals surface area contributed by atoms with E-state index in [9.17, 15) is 4.79 Å². The lowest BCUT2D eigenvalue weighted by molar-refractivity contribution is 0.0729. The van der Waals surface area contributed by atoms with Gasteiger partial charge in [0.2, 0.25) is 5.75 Å². The predicted octanol–water partition coefficient (Wildman–Crippen LogP) is 4.48. The fraction of sp³-hybridized carbons (Fsp3) is 0.280. The summed E-state index contributed by atoms with van der Waals surface area (Å²) in [6, 6.07) is 17.4. The number of rotatable bonds is 9. The Morgan fingerprint density at radius 1 is 1.00 bits per heavy atom. The number of methoxy groups -OCH3 is 2. The first kappa shape index (κ1) is 20.7. The Kier molecular flexibility index (Phi) is 6.36. The maximum absolute atomic E-state index is 13.4. The molecule has 0 spiro atoms. The van der Waals surface area contributed by atoms with Crippen molar-refractivity contribution >= 4 is 5.91 Å². The lowest BCUT2D eigenvalue weighted by Gasteiger charge is -2.24. The van der Waals surface area contributed by atoms with Crippen molar-refractivity contribution in [3.05, 3.63) is 83.7 Å². The number of ether oxygens (including phenoxy) is 3. The molecule has 1 fully saturated rings. The summed E-state index contributed by atoms with van der Waals surface area (Å²) in [6.07, 6.45) is 5.55. The van der Waals surface area contributed by atoms with E-state index in [1.54, 1.807) is 38.7 Å². The minimum absolute atomic E-state index is 0.0578. The maximum atomic E-state index is 13.4. The predicted molar refractivity (Wildman–Crippen MR) is 117 cm³/mol. The van der Waals surface area contributed by atoms with Crippen LogP contribution in [0.5, 0.6) is 17.2 Å². The molecule has 31 heavy (non-hydrogen) atoms. The standard InChI is InChI=1S/C25H26N2O4/c1-29-22-13-20(14-23(30-2)24(22)31-17-18-7-4-3-5-8-18)25(28)27(21-10-11-21)16-19-9-6-12-26-15-19/h3-9,12-15,21H,10-11,16-17H2,1-2H3. The third-order valence-electron chi connectivity index (χ3n) is 5.26. The van der Waals surface area contributed by atoms with Crippen LogP contribution in [0.1, 0.15) is 34.3 Å². The second kappa shape index (κ2) is 9.51. The first-order chi connectivity index (χ1) is 15.2. The summed E-state index contributed by atoms with van der Waals surface area (Å²) in [5.74, 6) is 1.36. The van der Waals surface area contributed by atoms with Gasteiger partial charge in [0, 0.05) is 30.5 Å². The quantitative estimate of drug-likeness (QED) is 0.513. The SMILES string of the molecule is COc1cc(C(=O)N(Cc2cccnc2)C2CC2)cc(OC)c1OCc1ccccc1. The van der Waals surface area contributed by atoms with Crippen LogP contribution in [0.2, 0.25) is 0 Å². The summed E-state index contributed by atoms with van der Waals surface area (Å²) in [7, 11) is 3.12. The van der Waals surface area contributed by atoms with Crippen LogP contribution in [-0.2, 0) is 13.2 Å². The molecule has 1 aromatic heterocycles. The van der Waals surface area contributed by atoms with E-state index < -0.39 is 0 Å². The first-order valence-electron chi connectivity index (χ1n) is 10.3. The molecule has 0 bridgehead atoms. The van der Waals surface area contributed by atoms with Gasteiger partial charge in [0.15, 0.2) is 11.5 Å². The van der Waals surface area contributed by atoms with E-state index in [1.807, 2.05) is 47.4 Å². The van der Waals surface area contributed by atoms with Crippen LogP contribution in [0, 0.1) is 0 Å². The molecule has 1 aliphatic rings. The van der Waals surface area contributed by atoms with Crippen molar-refractivity contribution in [1.82, 2.24) is 9.88 Å². The molecule has 1 saturated carbocycles. The molecule has 6 nitrogen and oxygen atoms in total. The van der Waals surface area contributed by atoms with Crippen LogP contribution in [0.3, 0.4) is 0 Å². The first-order valence-corrected chi connectivity index (χ1v) is 10.3. The van der Waals surface area contributed by atoms with E-state index in [1.165, 1.54) is 0 Å². The molecule has 0 radical (unpaired) electrons. The highest BCUT2D eigenvalue weighted by molar-refractivity contribution is 5.96. The normalized spacial score (nSPS) is 12.8. The third-order valence-corrected chi connectivity index (χ3v) is 5.26. The molecule has 1 aliphatic carbocycles. The molecule has 1 heterocycles. The average molecular weight is 418 g/mol. The van der Waals surface area contributed by atoms with Crippen molar-refractivity contribution in [1.29, 1.82) is 0 Å². The zero-order valence-corrected chi connectivity index (χ0v) is 17.8. The van der Waals surface area contributed by atoms with Gasteiger partial charge in [-0.15, -0.1) is 0 Å². The number of carbonyl (C=O) groups is 1. The van der Waals surface area contributed by atoms with E-state index in [0.717, 1.165) is 24.0 Å². The van der Waals surface area contributed by atoms with Crippen molar-refractivity contribution < 1.29 is 19.0 Å². The van der Waals surface area contributed by atoms with Gasteiger partial charge in [0.1, 0.15) is 6.61 Å². The van der Waals surface area contributed by atoms with E-state index in [0.29, 0.717) is 36.0 Å². The molecular weight excluding hydrogens is 392 g/mol. The molecule has 6 heteroatoms. The molecule has 0 unspecified atom stereocenters. The van der Waals surface area contributed by atoms with Crippen LogP contribution >= 0.6 is 0 Å². The highest BCUT2D eigenvalue weighted by Gasteiger charge is 2.34. The number of carbonyl (C=O) groups excluding carboxylic acids is 1. The monoisotopic (exact) mass is 418 g/mol. The molecule has 3 aromatic rings. The number of hydrogen-bond donors (Lipinski definition) is 0. The summed E-state index contributed by atoms with van der Waals surface area (Å²) in [5, 5.41) is 0. The van der Waals surface area contributed by atoms with Gasteiger partial charge in [-0.1, -0.05) is 36.4 Å². The fourth-order valence-electron chi connectivity index (χ4n) is 3.48. The van der Waals surface area contributed by atoms with Crippen LogP contribution in [-0.4, -0.2) is 36.1 Å². The van der Waals surface area contributed by atoms with Gasteiger partial charge < -0.3 is 19.1 Å². The fourth-order valence-corrected chi connectivity index (χ4v) is 3.48. The average Bonchev–Trinajstić information content (AvgIpc) is 3.67. The highest BCUT2D eigenvalue weighted by atomic mass is 16.5. The van der Waals surface area contributed by atoms with E-state index in [4.69, 9.17) is 14.2 Å². The molecule has 0 saturated heterocycles. The molecular formula is C25H26N2O4. The van der Waals surface area contributed by atoms with Crippen molar-refractivity contribution in [3.8, 4) is 17.2 Å². The van der Waals surface area contributed by atoms with Crippen LogP contribution in [0.25, 0.3) is 0 Å². The largest absolute Gasteiger partial charge is 0.493 e. The Hall–Kier alpha value is -3.54. The molecule has 2 aromatic carbocycles. The minimum Gasteiger partial charge on any atom is -0.493 e. The summed E-state index contributed by atoms with van der Waals surface area (Å²) < 4.78 is 17.1. The molecule has 160 valence electrons. The van der Waals surface area contributed by atoms with Gasteiger partial charge in [-0.3, -0.25) is 9.78 Å². The smallest absolute Gasteiger partial charge is 0.254 e. The Bertz CT molecular complexity index is 995. The van der Waals surface area contributed by atoms with Gasteiger partial charge in [-0.25, -0.2) is 0 Å². The highest BCUT2D eigenvalue weighted by Crippen LogP contribution is 2.40. The van der Waals surface area contributed by atoms with Crippen molar-refractivity contribution in [2.45, 2.75) is 32.0 Å². The Labute approximate surface area is 182 Å². The minimum atomic E-state index is -0.0578. The van der Waals surface area contributed by atoms with E-state index in [-0.39, 0.29) is 11.9 Å².